The Morgan fingerprint density at radius 2 is 2.11 bits per heavy atom. The second kappa shape index (κ2) is 8.31. The Morgan fingerprint density at radius 3 is 2.79 bits per heavy atom. The second-order valence-electron chi connectivity index (χ2n) is 6.91. The first kappa shape index (κ1) is 19.7. The molecule has 1 aromatic carbocycles. The van der Waals surface area contributed by atoms with Crippen LogP contribution in [-0.2, 0) is 13.0 Å². The van der Waals surface area contributed by atoms with E-state index in [1.807, 2.05) is 38.1 Å². The van der Waals surface area contributed by atoms with E-state index in [0.29, 0.717) is 18.8 Å². The van der Waals surface area contributed by atoms with Gasteiger partial charge in [0.05, 0.1) is 5.70 Å². The highest BCUT2D eigenvalue weighted by atomic mass is 16.1. The fourth-order valence-electron chi connectivity index (χ4n) is 3.49. The Bertz CT molecular complexity index is 908. The minimum atomic E-state index is -0.0571. The minimum Gasteiger partial charge on any atom is -0.397 e. The number of pyridine rings is 1. The highest BCUT2D eigenvalue weighted by Crippen LogP contribution is 2.27. The average molecular weight is 380 g/mol. The number of nitrogens with one attached hydrogen (secondary N) is 1. The molecule has 1 aliphatic heterocycles. The van der Waals surface area contributed by atoms with Crippen LogP contribution in [0.1, 0.15) is 39.7 Å². The summed E-state index contributed by atoms with van der Waals surface area (Å²) >= 11 is 0. The van der Waals surface area contributed by atoms with Crippen molar-refractivity contribution in [3.63, 3.8) is 0 Å². The van der Waals surface area contributed by atoms with E-state index in [0.717, 1.165) is 41.2 Å². The molecule has 148 valence electrons. The van der Waals surface area contributed by atoms with Crippen LogP contribution in [0.25, 0.3) is 5.70 Å². The van der Waals surface area contributed by atoms with E-state index >= 15 is 0 Å². The van der Waals surface area contributed by atoms with E-state index in [1.54, 1.807) is 18.3 Å². The molecule has 1 aromatic heterocycles. The Hall–Kier alpha value is -3.06. The van der Waals surface area contributed by atoms with Gasteiger partial charge in [0.15, 0.2) is 0 Å². The molecule has 0 saturated heterocycles. The summed E-state index contributed by atoms with van der Waals surface area (Å²) in [5.74, 6) is 6.64. The molecule has 7 heteroatoms. The summed E-state index contributed by atoms with van der Waals surface area (Å²) < 4.78 is 0. The molecule has 3 rings (SSSR count). The van der Waals surface area contributed by atoms with Gasteiger partial charge in [-0.3, -0.25) is 4.79 Å². The molecule has 1 aliphatic rings. The monoisotopic (exact) mass is 380 g/mol. The maximum Gasteiger partial charge on any atom is 0.251 e. The summed E-state index contributed by atoms with van der Waals surface area (Å²) in [7, 11) is 1.66. The van der Waals surface area contributed by atoms with Crippen LogP contribution in [0.15, 0.2) is 36.5 Å². The number of anilines is 1. The molecule has 0 radical (unpaired) electrons. The molecule has 0 bridgehead atoms. The highest BCUT2D eigenvalue weighted by molar-refractivity contribution is 5.96. The highest BCUT2D eigenvalue weighted by Gasteiger charge is 2.22. The van der Waals surface area contributed by atoms with Crippen LogP contribution in [0.3, 0.4) is 0 Å². The fourth-order valence-corrected chi connectivity index (χ4v) is 3.49. The van der Waals surface area contributed by atoms with Crippen molar-refractivity contribution < 1.29 is 4.79 Å². The maximum absolute atomic E-state index is 12.2. The second-order valence-corrected chi connectivity index (χ2v) is 6.91. The van der Waals surface area contributed by atoms with Crippen molar-refractivity contribution in [2.24, 2.45) is 11.6 Å². The zero-order valence-electron chi connectivity index (χ0n) is 16.7. The molecule has 0 atom stereocenters. The summed E-state index contributed by atoms with van der Waals surface area (Å²) in [5, 5.41) is 4.27. The van der Waals surface area contributed by atoms with Crippen LogP contribution in [-0.4, -0.2) is 36.0 Å². The van der Waals surface area contributed by atoms with Crippen LogP contribution in [0.2, 0.25) is 0 Å². The maximum atomic E-state index is 12.2. The number of carbonyl (C=O) groups excluding carboxylic acids is 1. The molecule has 0 saturated carbocycles. The van der Waals surface area contributed by atoms with E-state index < -0.39 is 0 Å². The first-order valence-electron chi connectivity index (χ1n) is 9.49. The number of aryl methyl sites for hydroxylation is 1. The average Bonchev–Trinajstić information content (AvgIpc) is 2.71. The van der Waals surface area contributed by atoms with Gasteiger partial charge in [0.2, 0.25) is 0 Å². The molecule has 5 N–H and O–H groups in total. The van der Waals surface area contributed by atoms with Gasteiger partial charge in [-0.15, -0.1) is 0 Å². The largest absolute Gasteiger partial charge is 0.397 e. The van der Waals surface area contributed by atoms with E-state index in [1.165, 1.54) is 5.56 Å². The summed E-state index contributed by atoms with van der Waals surface area (Å²) in [4.78, 5) is 19.2. The van der Waals surface area contributed by atoms with Gasteiger partial charge < -0.3 is 21.0 Å². The number of benzene rings is 1. The predicted molar refractivity (Wildman–Crippen MR) is 112 cm³/mol. The van der Waals surface area contributed by atoms with Crippen molar-refractivity contribution in [2.75, 3.05) is 25.0 Å². The number of nitrogens with two attached hydrogens (primary N) is 2. The van der Waals surface area contributed by atoms with Crippen molar-refractivity contribution in [3.8, 4) is 0 Å². The number of hydrogen-bond donors (Lipinski definition) is 3. The lowest BCUT2D eigenvalue weighted by Crippen LogP contribution is -2.33. The third kappa shape index (κ3) is 3.94. The lowest BCUT2D eigenvalue weighted by Gasteiger charge is -2.31. The summed E-state index contributed by atoms with van der Waals surface area (Å²) in [6.45, 7) is 6.09. The van der Waals surface area contributed by atoms with E-state index in [4.69, 9.17) is 16.6 Å². The van der Waals surface area contributed by atoms with Crippen LogP contribution in [0.4, 0.5) is 5.82 Å². The van der Waals surface area contributed by atoms with E-state index in [2.05, 4.69) is 16.3 Å². The molecule has 1 amide bonds. The van der Waals surface area contributed by atoms with Crippen molar-refractivity contribution in [2.45, 2.75) is 26.8 Å². The van der Waals surface area contributed by atoms with Crippen molar-refractivity contribution >= 4 is 17.4 Å². The first-order valence-corrected chi connectivity index (χ1v) is 9.49. The molecule has 7 nitrogen and oxygen atoms in total. The Morgan fingerprint density at radius 1 is 1.32 bits per heavy atom. The Labute approximate surface area is 166 Å². The zero-order chi connectivity index (χ0) is 20.3. The number of rotatable bonds is 5. The predicted octanol–water partition coefficient (Wildman–Crippen LogP) is 1.77. The van der Waals surface area contributed by atoms with Gasteiger partial charge in [-0.2, -0.15) is 0 Å². The number of nitrogens with zero attached hydrogens (tertiary/aromatic N) is 3. The zero-order valence-corrected chi connectivity index (χ0v) is 16.7. The molecule has 2 heterocycles. The third-order valence-corrected chi connectivity index (χ3v) is 5.12. The molecule has 0 fully saturated rings. The van der Waals surface area contributed by atoms with Gasteiger partial charge in [-0.1, -0.05) is 12.1 Å². The van der Waals surface area contributed by atoms with Gasteiger partial charge in [0.1, 0.15) is 5.82 Å². The molecule has 2 aromatic rings. The molecule has 0 unspecified atom stereocenters. The fraction of sp³-hybridized carbons (Fsp3) is 0.333. The van der Waals surface area contributed by atoms with Crippen LogP contribution in [0, 0.1) is 6.92 Å². The van der Waals surface area contributed by atoms with E-state index in [9.17, 15) is 4.79 Å². The van der Waals surface area contributed by atoms with Gasteiger partial charge in [-0.05, 0) is 49.6 Å². The number of hydrazine groups is 1. The van der Waals surface area contributed by atoms with Gasteiger partial charge >= 0.3 is 0 Å². The van der Waals surface area contributed by atoms with Gasteiger partial charge in [0, 0.05) is 49.7 Å². The SMILES string of the molecule is CCN(N)/C=C(\N)c1ccc(N2CCc3cccc(C(=O)NC)c3C2)nc1C. The van der Waals surface area contributed by atoms with Gasteiger partial charge in [0.25, 0.3) is 5.91 Å². The van der Waals surface area contributed by atoms with Crippen molar-refractivity contribution in [1.29, 1.82) is 0 Å². The number of amides is 1. The van der Waals surface area contributed by atoms with Crippen LogP contribution in [0.5, 0.6) is 0 Å². The summed E-state index contributed by atoms with van der Waals surface area (Å²) in [5.41, 5.74) is 11.5. The topological polar surface area (TPSA) is 101 Å². The standard InChI is InChI=1S/C21H28N6O/c1-4-27(23)13-19(22)16-8-9-20(25-14(16)2)26-11-10-15-6-5-7-17(18(15)12-26)21(28)24-3/h5-9,13H,4,10-12,22-23H2,1-3H3,(H,24,28)/b19-13-. The summed E-state index contributed by atoms with van der Waals surface area (Å²) in [6.07, 6.45) is 2.60. The van der Waals surface area contributed by atoms with E-state index in [-0.39, 0.29) is 5.91 Å². The normalized spacial score (nSPS) is 13.9. The molecule has 0 spiro atoms. The summed E-state index contributed by atoms with van der Waals surface area (Å²) in [6, 6.07) is 9.87. The number of hydrogen-bond acceptors (Lipinski definition) is 6. The molecular weight excluding hydrogens is 352 g/mol. The first-order chi connectivity index (χ1) is 13.4. The third-order valence-electron chi connectivity index (χ3n) is 5.12. The molecular formula is C21H28N6O. The Balaban J connectivity index is 1.88. The molecule has 28 heavy (non-hydrogen) atoms. The van der Waals surface area contributed by atoms with Crippen molar-refractivity contribution in [3.05, 3.63) is 64.5 Å². The quantitative estimate of drug-likeness (QED) is 0.540. The number of fused-ring (bicyclic) bond motifs is 1. The lowest BCUT2D eigenvalue weighted by atomic mass is 9.94. The van der Waals surface area contributed by atoms with Crippen LogP contribution < -0.4 is 21.8 Å². The van der Waals surface area contributed by atoms with Crippen molar-refractivity contribution in [1.82, 2.24) is 15.3 Å². The minimum absolute atomic E-state index is 0.0571. The number of aromatic nitrogens is 1. The van der Waals surface area contributed by atoms with Crippen LogP contribution >= 0.6 is 0 Å². The number of carbonyl (C=O) groups is 1. The molecule has 0 aliphatic carbocycles. The Kier molecular flexibility index (Phi) is 5.84. The van der Waals surface area contributed by atoms with Gasteiger partial charge in [-0.25, -0.2) is 10.8 Å². The lowest BCUT2D eigenvalue weighted by molar-refractivity contribution is 0.0962. The smallest absolute Gasteiger partial charge is 0.251 e.